The number of amides is 2. The van der Waals surface area contributed by atoms with Gasteiger partial charge in [0, 0.05) is 13.1 Å². The first-order chi connectivity index (χ1) is 14.6. The third-order valence-corrected chi connectivity index (χ3v) is 4.90. The summed E-state index contributed by atoms with van der Waals surface area (Å²) in [6.07, 6.45) is 0.372. The van der Waals surface area contributed by atoms with Crippen molar-refractivity contribution in [3.63, 3.8) is 0 Å². The van der Waals surface area contributed by atoms with E-state index in [0.717, 1.165) is 5.56 Å². The molecule has 1 fully saturated rings. The first-order valence-corrected chi connectivity index (χ1v) is 10.7. The van der Waals surface area contributed by atoms with E-state index in [1.165, 1.54) is 4.90 Å². The summed E-state index contributed by atoms with van der Waals surface area (Å²) in [5.74, 6) is -0.515. The van der Waals surface area contributed by atoms with Crippen molar-refractivity contribution in [2.45, 2.75) is 65.2 Å². The summed E-state index contributed by atoms with van der Waals surface area (Å²) in [5, 5.41) is 0. The largest absolute Gasteiger partial charge is 0.465 e. The quantitative estimate of drug-likeness (QED) is 0.432. The number of carbonyl (C=O) groups excluding carboxylic acids is 3. The fourth-order valence-electron chi connectivity index (χ4n) is 3.34. The Morgan fingerprint density at radius 2 is 1.65 bits per heavy atom. The second kappa shape index (κ2) is 10.5. The summed E-state index contributed by atoms with van der Waals surface area (Å²) in [6, 6.07) is 9.45. The van der Waals surface area contributed by atoms with Gasteiger partial charge < -0.3 is 19.1 Å². The van der Waals surface area contributed by atoms with Gasteiger partial charge in [-0.3, -0.25) is 9.69 Å². The molecule has 0 heterocycles. The van der Waals surface area contributed by atoms with E-state index in [2.05, 4.69) is 0 Å². The molecule has 1 aromatic carbocycles. The Bertz CT molecular complexity index is 755. The highest BCUT2D eigenvalue weighted by Gasteiger charge is 2.52. The molecule has 0 bridgehead atoms. The number of rotatable bonds is 9. The molecule has 0 saturated heterocycles. The SMILES string of the molecule is CCOC(=O)CN(CC1(N(CC)C(=O)OCc2ccccc2)CC1)C(=O)OC(C)(C)C. The maximum absolute atomic E-state index is 12.8. The Morgan fingerprint density at radius 1 is 1.00 bits per heavy atom. The predicted molar refractivity (Wildman–Crippen MR) is 115 cm³/mol. The number of esters is 1. The molecule has 0 aromatic heterocycles. The van der Waals surface area contributed by atoms with E-state index in [9.17, 15) is 14.4 Å². The monoisotopic (exact) mass is 434 g/mol. The van der Waals surface area contributed by atoms with Gasteiger partial charge in [-0.15, -0.1) is 0 Å². The Labute approximate surface area is 184 Å². The van der Waals surface area contributed by atoms with Gasteiger partial charge in [-0.1, -0.05) is 30.3 Å². The van der Waals surface area contributed by atoms with Crippen LogP contribution < -0.4 is 0 Å². The Balaban J connectivity index is 2.10. The number of hydrogen-bond donors (Lipinski definition) is 0. The van der Waals surface area contributed by atoms with Crippen LogP contribution in [-0.4, -0.2) is 65.3 Å². The Morgan fingerprint density at radius 3 is 2.16 bits per heavy atom. The molecule has 0 radical (unpaired) electrons. The molecule has 172 valence electrons. The first-order valence-electron chi connectivity index (χ1n) is 10.7. The minimum Gasteiger partial charge on any atom is -0.465 e. The zero-order valence-electron chi connectivity index (χ0n) is 19.2. The van der Waals surface area contributed by atoms with E-state index < -0.39 is 29.3 Å². The third-order valence-electron chi connectivity index (χ3n) is 4.90. The summed E-state index contributed by atoms with van der Waals surface area (Å²) in [7, 11) is 0. The number of hydrogen-bond acceptors (Lipinski definition) is 6. The van der Waals surface area contributed by atoms with Crippen molar-refractivity contribution in [1.29, 1.82) is 0 Å². The Kier molecular flexibility index (Phi) is 8.30. The van der Waals surface area contributed by atoms with E-state index in [4.69, 9.17) is 14.2 Å². The van der Waals surface area contributed by atoms with Gasteiger partial charge in [-0.2, -0.15) is 0 Å². The van der Waals surface area contributed by atoms with Crippen LogP contribution in [0.3, 0.4) is 0 Å². The molecule has 0 atom stereocenters. The van der Waals surface area contributed by atoms with Crippen molar-refractivity contribution in [3.8, 4) is 0 Å². The Hall–Kier alpha value is -2.77. The van der Waals surface area contributed by atoms with Crippen molar-refractivity contribution in [3.05, 3.63) is 35.9 Å². The topological polar surface area (TPSA) is 85.4 Å². The van der Waals surface area contributed by atoms with Crippen LogP contribution in [0.15, 0.2) is 30.3 Å². The minimum absolute atomic E-state index is 0.171. The molecule has 1 saturated carbocycles. The van der Waals surface area contributed by atoms with E-state index in [1.807, 2.05) is 37.3 Å². The molecule has 0 spiro atoms. The normalized spacial score (nSPS) is 14.4. The molecule has 31 heavy (non-hydrogen) atoms. The van der Waals surface area contributed by atoms with Crippen molar-refractivity contribution >= 4 is 18.2 Å². The standard InChI is InChI=1S/C23H34N2O6/c1-6-25(21(28)30-16-18-11-9-8-10-12-18)23(13-14-23)17-24(15-19(26)29-7-2)20(27)31-22(3,4)5/h8-12H,6-7,13-17H2,1-5H3. The lowest BCUT2D eigenvalue weighted by Crippen LogP contribution is -2.52. The summed E-state index contributed by atoms with van der Waals surface area (Å²) < 4.78 is 16.0. The molecule has 2 rings (SSSR count). The summed E-state index contributed by atoms with van der Waals surface area (Å²) in [5.41, 5.74) is -0.388. The third kappa shape index (κ3) is 7.45. The number of likely N-dealkylation sites (N-methyl/N-ethyl adjacent to an activating group) is 1. The number of carbonyl (C=O) groups is 3. The van der Waals surface area contributed by atoms with Gasteiger partial charge in [0.1, 0.15) is 18.8 Å². The molecule has 1 aliphatic rings. The molecule has 1 aliphatic carbocycles. The molecule has 0 unspecified atom stereocenters. The van der Waals surface area contributed by atoms with Gasteiger partial charge >= 0.3 is 18.2 Å². The molecule has 8 heteroatoms. The fraction of sp³-hybridized carbons (Fsp3) is 0.609. The van der Waals surface area contributed by atoms with Crippen LogP contribution in [0.25, 0.3) is 0 Å². The van der Waals surface area contributed by atoms with E-state index in [1.54, 1.807) is 32.6 Å². The van der Waals surface area contributed by atoms with Crippen LogP contribution in [-0.2, 0) is 25.6 Å². The van der Waals surface area contributed by atoms with Gasteiger partial charge in [0.15, 0.2) is 0 Å². The van der Waals surface area contributed by atoms with Gasteiger partial charge in [-0.05, 0) is 53.0 Å². The minimum atomic E-state index is -0.709. The number of ether oxygens (including phenoxy) is 3. The molecule has 0 aliphatic heterocycles. The first kappa shape index (κ1) is 24.5. The summed E-state index contributed by atoms with van der Waals surface area (Å²) >= 11 is 0. The van der Waals surface area contributed by atoms with E-state index >= 15 is 0 Å². The highest BCUT2D eigenvalue weighted by Crippen LogP contribution is 2.43. The lowest BCUT2D eigenvalue weighted by molar-refractivity contribution is -0.144. The van der Waals surface area contributed by atoms with Gasteiger partial charge in [0.25, 0.3) is 0 Å². The van der Waals surface area contributed by atoms with Crippen LogP contribution in [0.2, 0.25) is 0 Å². The maximum Gasteiger partial charge on any atom is 0.410 e. The van der Waals surface area contributed by atoms with Crippen molar-refractivity contribution in [2.24, 2.45) is 0 Å². The highest BCUT2D eigenvalue weighted by molar-refractivity contribution is 5.78. The lowest BCUT2D eigenvalue weighted by Gasteiger charge is -2.35. The molecular weight excluding hydrogens is 400 g/mol. The van der Waals surface area contributed by atoms with Gasteiger partial charge in [-0.25, -0.2) is 9.59 Å². The van der Waals surface area contributed by atoms with E-state index in [-0.39, 0.29) is 26.3 Å². The molecule has 2 amide bonds. The maximum atomic E-state index is 12.8. The molecule has 8 nitrogen and oxygen atoms in total. The summed E-state index contributed by atoms with van der Waals surface area (Å²) in [4.78, 5) is 40.6. The van der Waals surface area contributed by atoms with Crippen LogP contribution >= 0.6 is 0 Å². The molecular formula is C23H34N2O6. The number of benzene rings is 1. The summed E-state index contributed by atoms with van der Waals surface area (Å²) in [6.45, 7) is 9.63. The highest BCUT2D eigenvalue weighted by atomic mass is 16.6. The van der Waals surface area contributed by atoms with E-state index in [0.29, 0.717) is 19.4 Å². The van der Waals surface area contributed by atoms with Crippen LogP contribution in [0.1, 0.15) is 53.0 Å². The van der Waals surface area contributed by atoms with Crippen LogP contribution in [0.5, 0.6) is 0 Å². The molecule has 0 N–H and O–H groups in total. The van der Waals surface area contributed by atoms with Crippen LogP contribution in [0, 0.1) is 0 Å². The second-order valence-electron chi connectivity index (χ2n) is 8.65. The van der Waals surface area contributed by atoms with Gasteiger partial charge in [0.2, 0.25) is 0 Å². The zero-order valence-corrected chi connectivity index (χ0v) is 19.2. The molecule has 1 aromatic rings. The smallest absolute Gasteiger partial charge is 0.410 e. The van der Waals surface area contributed by atoms with Crippen molar-refractivity contribution < 1.29 is 28.6 Å². The van der Waals surface area contributed by atoms with Gasteiger partial charge in [0.05, 0.1) is 12.1 Å². The fourth-order valence-corrected chi connectivity index (χ4v) is 3.34. The van der Waals surface area contributed by atoms with Crippen LogP contribution in [0.4, 0.5) is 9.59 Å². The average molecular weight is 435 g/mol. The second-order valence-corrected chi connectivity index (χ2v) is 8.65. The predicted octanol–water partition coefficient (Wildman–Crippen LogP) is 3.98. The lowest BCUT2D eigenvalue weighted by atomic mass is 10.2. The van der Waals surface area contributed by atoms with Crippen molar-refractivity contribution in [1.82, 2.24) is 9.80 Å². The average Bonchev–Trinajstić information content (AvgIpc) is 3.46. The van der Waals surface area contributed by atoms with Crippen molar-refractivity contribution in [2.75, 3.05) is 26.2 Å². The number of nitrogens with zero attached hydrogens (tertiary/aromatic N) is 2. The zero-order chi connectivity index (χ0) is 23.1.